The molecule has 0 saturated carbocycles. The van der Waals surface area contributed by atoms with Crippen molar-refractivity contribution in [2.24, 2.45) is 0 Å². The minimum absolute atomic E-state index is 0.172. The van der Waals surface area contributed by atoms with Gasteiger partial charge >= 0.3 is 0 Å². The lowest BCUT2D eigenvalue weighted by molar-refractivity contribution is -0.213. The van der Waals surface area contributed by atoms with Crippen molar-refractivity contribution >= 4 is 11.6 Å². The smallest absolute Gasteiger partial charge is 0.231 e. The first-order valence-electron chi connectivity index (χ1n) is 4.35. The molecule has 1 aliphatic heterocycles. The van der Waals surface area contributed by atoms with Crippen molar-refractivity contribution in [3.05, 3.63) is 28.8 Å². The highest BCUT2D eigenvalue weighted by Crippen LogP contribution is 2.32. The second kappa shape index (κ2) is 3.42. The molecule has 3 nitrogen and oxygen atoms in total. The molecule has 1 atom stereocenters. The Morgan fingerprint density at radius 3 is 3.07 bits per heavy atom. The Morgan fingerprint density at radius 2 is 2.36 bits per heavy atom. The topological polar surface area (TPSA) is 38.7 Å². The van der Waals surface area contributed by atoms with Crippen LogP contribution < -0.4 is 4.74 Å². The van der Waals surface area contributed by atoms with Crippen LogP contribution in [0.15, 0.2) is 18.2 Å². The van der Waals surface area contributed by atoms with E-state index >= 15 is 0 Å². The van der Waals surface area contributed by atoms with E-state index in [1.165, 1.54) is 0 Å². The van der Waals surface area contributed by atoms with Crippen molar-refractivity contribution in [1.29, 1.82) is 0 Å². The number of rotatable bonds is 1. The van der Waals surface area contributed by atoms with Crippen LogP contribution in [0.2, 0.25) is 5.02 Å². The molecule has 0 bridgehead atoms. The molecule has 0 fully saturated rings. The van der Waals surface area contributed by atoms with E-state index in [1.807, 2.05) is 0 Å². The third kappa shape index (κ3) is 1.71. The van der Waals surface area contributed by atoms with E-state index in [0.717, 1.165) is 11.3 Å². The summed E-state index contributed by atoms with van der Waals surface area (Å²) >= 11 is 5.82. The van der Waals surface area contributed by atoms with Crippen molar-refractivity contribution < 1.29 is 14.6 Å². The summed E-state index contributed by atoms with van der Waals surface area (Å²) in [6, 6.07) is 5.34. The molecule has 0 aromatic heterocycles. The lowest BCUT2D eigenvalue weighted by Gasteiger charge is -2.34. The minimum Gasteiger partial charge on any atom is -0.460 e. The average molecular weight is 215 g/mol. The van der Waals surface area contributed by atoms with Crippen LogP contribution >= 0.6 is 11.6 Å². The molecule has 1 N–H and O–H groups in total. The third-order valence-corrected chi connectivity index (χ3v) is 2.40. The van der Waals surface area contributed by atoms with Crippen LogP contribution in [0.3, 0.4) is 0 Å². The molecule has 4 heteroatoms. The summed E-state index contributed by atoms with van der Waals surface area (Å²) in [6.07, 6.45) is 0. The summed E-state index contributed by atoms with van der Waals surface area (Å²) in [6.45, 7) is 1.94. The Morgan fingerprint density at radius 1 is 1.57 bits per heavy atom. The zero-order valence-electron chi connectivity index (χ0n) is 7.79. The maximum atomic E-state index is 9.05. The van der Waals surface area contributed by atoms with Crippen LogP contribution in [-0.2, 0) is 11.3 Å². The Labute approximate surface area is 87.2 Å². The van der Waals surface area contributed by atoms with Gasteiger partial charge in [-0.1, -0.05) is 11.6 Å². The van der Waals surface area contributed by atoms with Crippen molar-refractivity contribution in [2.75, 3.05) is 6.61 Å². The summed E-state index contributed by atoms with van der Waals surface area (Å²) in [5.74, 6) is -0.210. The van der Waals surface area contributed by atoms with E-state index in [4.69, 9.17) is 26.2 Å². The predicted octanol–water partition coefficient (Wildman–Crippen LogP) is 1.96. The number of hydrogen-bond donors (Lipinski definition) is 1. The molecule has 0 spiro atoms. The highest BCUT2D eigenvalue weighted by Gasteiger charge is 2.31. The van der Waals surface area contributed by atoms with Gasteiger partial charge in [0.15, 0.2) is 0 Å². The lowest BCUT2D eigenvalue weighted by Crippen LogP contribution is -2.42. The van der Waals surface area contributed by atoms with Gasteiger partial charge in [-0.15, -0.1) is 0 Å². The summed E-state index contributed by atoms with van der Waals surface area (Å²) in [7, 11) is 0. The van der Waals surface area contributed by atoms with Crippen LogP contribution in [0, 0.1) is 0 Å². The molecule has 0 saturated heterocycles. The average Bonchev–Trinajstić information content (AvgIpc) is 2.19. The number of ether oxygens (including phenoxy) is 2. The number of aliphatic hydroxyl groups excluding tert-OH is 1. The van der Waals surface area contributed by atoms with Gasteiger partial charge in [0.25, 0.3) is 0 Å². The van der Waals surface area contributed by atoms with Gasteiger partial charge in [0, 0.05) is 17.5 Å². The largest absolute Gasteiger partial charge is 0.460 e. The highest BCUT2D eigenvalue weighted by molar-refractivity contribution is 6.30. The number of halogens is 1. The van der Waals surface area contributed by atoms with Crippen molar-refractivity contribution in [3.8, 4) is 5.75 Å². The Kier molecular flexibility index (Phi) is 2.39. The highest BCUT2D eigenvalue weighted by atomic mass is 35.5. The summed E-state index contributed by atoms with van der Waals surface area (Å²) in [5.41, 5.74) is 0.906. The van der Waals surface area contributed by atoms with Gasteiger partial charge in [0.2, 0.25) is 5.79 Å². The van der Waals surface area contributed by atoms with Crippen molar-refractivity contribution in [2.45, 2.75) is 19.3 Å². The molecule has 2 rings (SSSR count). The molecular formula is C10H11ClO3. The molecule has 1 aliphatic rings. The SMILES string of the molecule is CC1(CO)OCc2cc(Cl)ccc2O1. The van der Waals surface area contributed by atoms with Gasteiger partial charge in [-0.2, -0.15) is 0 Å². The first kappa shape index (κ1) is 9.77. The summed E-state index contributed by atoms with van der Waals surface area (Å²) in [5, 5.41) is 9.71. The molecular weight excluding hydrogens is 204 g/mol. The van der Waals surface area contributed by atoms with Gasteiger partial charge in [-0.25, -0.2) is 0 Å². The fourth-order valence-corrected chi connectivity index (χ4v) is 1.53. The molecule has 0 radical (unpaired) electrons. The second-order valence-electron chi connectivity index (χ2n) is 3.43. The summed E-state index contributed by atoms with van der Waals surface area (Å²) in [4.78, 5) is 0. The number of aliphatic hydroxyl groups is 1. The van der Waals surface area contributed by atoms with Gasteiger partial charge in [-0.3, -0.25) is 0 Å². The maximum Gasteiger partial charge on any atom is 0.231 e. The van der Waals surface area contributed by atoms with Crippen LogP contribution in [0.1, 0.15) is 12.5 Å². The van der Waals surface area contributed by atoms with Gasteiger partial charge in [0.1, 0.15) is 12.4 Å². The molecule has 14 heavy (non-hydrogen) atoms. The molecule has 0 amide bonds. The van der Waals surface area contributed by atoms with Crippen LogP contribution in [-0.4, -0.2) is 17.5 Å². The Balaban J connectivity index is 2.31. The van der Waals surface area contributed by atoms with Crippen molar-refractivity contribution in [1.82, 2.24) is 0 Å². The van der Waals surface area contributed by atoms with E-state index in [-0.39, 0.29) is 6.61 Å². The second-order valence-corrected chi connectivity index (χ2v) is 3.87. The zero-order chi connectivity index (χ0) is 10.2. The number of benzene rings is 1. The third-order valence-electron chi connectivity index (χ3n) is 2.17. The number of hydrogen-bond acceptors (Lipinski definition) is 3. The van der Waals surface area contributed by atoms with Gasteiger partial charge in [0.05, 0.1) is 6.61 Å². The lowest BCUT2D eigenvalue weighted by atomic mass is 10.1. The molecule has 1 unspecified atom stereocenters. The van der Waals surface area contributed by atoms with Gasteiger partial charge in [-0.05, 0) is 18.2 Å². The molecule has 1 aromatic carbocycles. The van der Waals surface area contributed by atoms with E-state index in [0.29, 0.717) is 11.6 Å². The van der Waals surface area contributed by atoms with E-state index in [9.17, 15) is 0 Å². The van der Waals surface area contributed by atoms with E-state index < -0.39 is 5.79 Å². The first-order valence-corrected chi connectivity index (χ1v) is 4.73. The molecule has 76 valence electrons. The Hall–Kier alpha value is -0.770. The fourth-order valence-electron chi connectivity index (χ4n) is 1.33. The molecule has 1 aromatic rings. The van der Waals surface area contributed by atoms with E-state index in [2.05, 4.69) is 0 Å². The minimum atomic E-state index is -0.930. The molecule has 1 heterocycles. The standard InChI is InChI=1S/C10H11ClO3/c1-10(6-12)13-5-7-4-8(11)2-3-9(7)14-10/h2-4,12H,5-6H2,1H3. The molecule has 0 aliphatic carbocycles. The first-order chi connectivity index (χ1) is 6.63. The number of fused-ring (bicyclic) bond motifs is 1. The van der Waals surface area contributed by atoms with Crippen LogP contribution in [0.4, 0.5) is 0 Å². The quantitative estimate of drug-likeness (QED) is 0.777. The van der Waals surface area contributed by atoms with E-state index in [1.54, 1.807) is 25.1 Å². The zero-order valence-corrected chi connectivity index (χ0v) is 8.54. The maximum absolute atomic E-state index is 9.05. The fraction of sp³-hybridized carbons (Fsp3) is 0.400. The monoisotopic (exact) mass is 214 g/mol. The Bertz CT molecular complexity index is 353. The van der Waals surface area contributed by atoms with Gasteiger partial charge < -0.3 is 14.6 Å². The van der Waals surface area contributed by atoms with Crippen LogP contribution in [0.5, 0.6) is 5.75 Å². The van der Waals surface area contributed by atoms with Crippen molar-refractivity contribution in [3.63, 3.8) is 0 Å². The normalized spacial score (nSPS) is 25.4. The van der Waals surface area contributed by atoms with Crippen LogP contribution in [0.25, 0.3) is 0 Å². The summed E-state index contributed by atoms with van der Waals surface area (Å²) < 4.78 is 10.9. The predicted molar refractivity (Wildman–Crippen MR) is 52.4 cm³/mol.